The molecule has 1 fully saturated rings. The van der Waals surface area contributed by atoms with Crippen LogP contribution >= 0.6 is 0 Å². The summed E-state index contributed by atoms with van der Waals surface area (Å²) in [6, 6.07) is 0. The summed E-state index contributed by atoms with van der Waals surface area (Å²) in [4.78, 5) is 9.32. The molecule has 0 unspecified atom stereocenters. The van der Waals surface area contributed by atoms with Crippen LogP contribution < -0.4 is 0 Å². The maximum absolute atomic E-state index is 7.63. The lowest BCUT2D eigenvalue weighted by atomic mass is 10.3. The predicted molar refractivity (Wildman–Crippen MR) is 73.2 cm³/mol. The number of H-pyrrole nitrogens is 1. The zero-order valence-corrected chi connectivity index (χ0v) is 11.0. The number of hydrogen-bond donors (Lipinski definition) is 2. The third-order valence-electron chi connectivity index (χ3n) is 2.89. The lowest BCUT2D eigenvalue weighted by Gasteiger charge is -2.26. The van der Waals surface area contributed by atoms with Crippen LogP contribution in [-0.4, -0.2) is 60.2 Å². The van der Waals surface area contributed by atoms with Crippen molar-refractivity contribution < 1.29 is 9.47 Å². The van der Waals surface area contributed by atoms with Gasteiger partial charge in [-0.3, -0.25) is 10.3 Å². The van der Waals surface area contributed by atoms with E-state index in [1.807, 2.05) is 0 Å². The van der Waals surface area contributed by atoms with Crippen LogP contribution in [0.5, 0.6) is 0 Å². The first kappa shape index (κ1) is 13.8. The van der Waals surface area contributed by atoms with Gasteiger partial charge in [0.2, 0.25) is 5.90 Å². The van der Waals surface area contributed by atoms with E-state index in [9.17, 15) is 0 Å². The van der Waals surface area contributed by atoms with Crippen molar-refractivity contribution in [2.45, 2.75) is 6.42 Å². The second-order valence-electron chi connectivity index (χ2n) is 4.33. The molecule has 2 heterocycles. The van der Waals surface area contributed by atoms with E-state index in [0.29, 0.717) is 6.61 Å². The fourth-order valence-electron chi connectivity index (χ4n) is 1.87. The molecular formula is C13H20N4O2. The Bertz CT molecular complexity index is 397. The molecule has 0 atom stereocenters. The normalized spacial score (nSPS) is 16.8. The molecule has 0 saturated carbocycles. The summed E-state index contributed by atoms with van der Waals surface area (Å²) in [5, 5.41) is 7.63. The molecule has 0 radical (unpaired) electrons. The molecule has 6 heteroatoms. The highest BCUT2D eigenvalue weighted by Crippen LogP contribution is 1.99. The number of imidazole rings is 1. The number of rotatable bonds is 6. The monoisotopic (exact) mass is 264 g/mol. The Morgan fingerprint density at radius 3 is 3.11 bits per heavy atom. The van der Waals surface area contributed by atoms with Gasteiger partial charge in [0.25, 0.3) is 0 Å². The van der Waals surface area contributed by atoms with Crippen molar-refractivity contribution in [2.24, 2.45) is 0 Å². The van der Waals surface area contributed by atoms with Gasteiger partial charge in [-0.25, -0.2) is 4.98 Å². The van der Waals surface area contributed by atoms with E-state index in [1.54, 1.807) is 24.5 Å². The maximum atomic E-state index is 7.63. The molecule has 6 nitrogen and oxygen atoms in total. The summed E-state index contributed by atoms with van der Waals surface area (Å²) in [6.45, 7) is 5.20. The predicted octanol–water partition coefficient (Wildman–Crippen LogP) is 1.14. The van der Waals surface area contributed by atoms with Gasteiger partial charge in [-0.2, -0.15) is 0 Å². The van der Waals surface area contributed by atoms with Crippen molar-refractivity contribution in [3.05, 3.63) is 24.3 Å². The Morgan fingerprint density at radius 2 is 2.37 bits per heavy atom. The van der Waals surface area contributed by atoms with E-state index in [2.05, 4.69) is 14.9 Å². The van der Waals surface area contributed by atoms with Crippen LogP contribution in [0.4, 0.5) is 0 Å². The van der Waals surface area contributed by atoms with E-state index < -0.39 is 0 Å². The Balaban J connectivity index is 1.56. The zero-order chi connectivity index (χ0) is 13.3. The van der Waals surface area contributed by atoms with Gasteiger partial charge in [0.15, 0.2) is 0 Å². The molecule has 1 aliphatic heterocycles. The lowest BCUT2D eigenvalue weighted by molar-refractivity contribution is 0.0356. The number of aromatic nitrogens is 2. The molecule has 2 N–H and O–H groups in total. The van der Waals surface area contributed by atoms with Gasteiger partial charge in [0.1, 0.15) is 5.82 Å². The number of nitrogens with zero attached hydrogens (tertiary/aromatic N) is 2. The van der Waals surface area contributed by atoms with Crippen molar-refractivity contribution in [1.82, 2.24) is 14.9 Å². The average molecular weight is 264 g/mol. The first-order valence-electron chi connectivity index (χ1n) is 6.53. The molecule has 1 aromatic heterocycles. The average Bonchev–Trinajstić information content (AvgIpc) is 2.96. The smallest absolute Gasteiger partial charge is 0.205 e. The van der Waals surface area contributed by atoms with Gasteiger partial charge in [-0.05, 0) is 12.5 Å². The molecule has 19 heavy (non-hydrogen) atoms. The second-order valence-corrected chi connectivity index (χ2v) is 4.33. The SMILES string of the molecule is N=C(/C=C\c1ncc[nH]1)OCCCN1CCOCC1. The van der Waals surface area contributed by atoms with Crippen LogP contribution in [-0.2, 0) is 9.47 Å². The number of aromatic amines is 1. The largest absolute Gasteiger partial charge is 0.478 e. The van der Waals surface area contributed by atoms with Crippen LogP contribution in [0, 0.1) is 5.41 Å². The van der Waals surface area contributed by atoms with E-state index in [4.69, 9.17) is 14.9 Å². The van der Waals surface area contributed by atoms with Gasteiger partial charge in [0, 0.05) is 38.1 Å². The van der Waals surface area contributed by atoms with E-state index in [0.717, 1.165) is 45.1 Å². The molecule has 0 aliphatic carbocycles. The minimum atomic E-state index is 0.165. The number of morpholine rings is 1. The van der Waals surface area contributed by atoms with Crippen LogP contribution in [0.15, 0.2) is 18.5 Å². The minimum absolute atomic E-state index is 0.165. The van der Waals surface area contributed by atoms with E-state index in [1.165, 1.54) is 0 Å². The van der Waals surface area contributed by atoms with E-state index in [-0.39, 0.29) is 5.90 Å². The molecule has 0 amide bonds. The van der Waals surface area contributed by atoms with Crippen LogP contribution in [0.3, 0.4) is 0 Å². The third kappa shape index (κ3) is 5.23. The molecular weight excluding hydrogens is 244 g/mol. The minimum Gasteiger partial charge on any atom is -0.478 e. The lowest BCUT2D eigenvalue weighted by Crippen LogP contribution is -2.37. The zero-order valence-electron chi connectivity index (χ0n) is 11.0. The van der Waals surface area contributed by atoms with Crippen LogP contribution in [0.25, 0.3) is 6.08 Å². The standard InChI is InChI=1S/C13H20N4O2/c14-12(2-3-13-15-4-5-16-13)19-9-1-6-17-7-10-18-11-8-17/h2-5,14H,1,6-11H2,(H,15,16)/b3-2-,14-12?. The Hall–Kier alpha value is -1.66. The molecule has 0 spiro atoms. The number of hydrogen-bond acceptors (Lipinski definition) is 5. The Kier molecular flexibility index (Phi) is 5.58. The molecule has 2 rings (SSSR count). The second kappa shape index (κ2) is 7.70. The summed E-state index contributed by atoms with van der Waals surface area (Å²) in [5.74, 6) is 0.889. The van der Waals surface area contributed by atoms with Gasteiger partial charge in [-0.15, -0.1) is 0 Å². The summed E-state index contributed by atoms with van der Waals surface area (Å²) in [5.41, 5.74) is 0. The maximum Gasteiger partial charge on any atom is 0.205 e. The highest BCUT2D eigenvalue weighted by Gasteiger charge is 2.09. The topological polar surface area (TPSA) is 74.2 Å². The molecule has 1 saturated heterocycles. The van der Waals surface area contributed by atoms with Gasteiger partial charge >= 0.3 is 0 Å². The summed E-state index contributed by atoms with van der Waals surface area (Å²) in [6.07, 6.45) is 7.67. The Morgan fingerprint density at radius 1 is 1.53 bits per heavy atom. The third-order valence-corrected chi connectivity index (χ3v) is 2.89. The molecule has 0 aromatic carbocycles. The van der Waals surface area contributed by atoms with Crippen molar-refractivity contribution in [3.8, 4) is 0 Å². The van der Waals surface area contributed by atoms with Crippen LogP contribution in [0.1, 0.15) is 12.2 Å². The van der Waals surface area contributed by atoms with Crippen molar-refractivity contribution in [3.63, 3.8) is 0 Å². The van der Waals surface area contributed by atoms with Gasteiger partial charge < -0.3 is 14.5 Å². The highest BCUT2D eigenvalue weighted by atomic mass is 16.5. The molecule has 104 valence electrons. The number of nitrogens with one attached hydrogen (secondary N) is 2. The van der Waals surface area contributed by atoms with Crippen molar-refractivity contribution in [1.29, 1.82) is 5.41 Å². The molecule has 0 bridgehead atoms. The van der Waals surface area contributed by atoms with E-state index >= 15 is 0 Å². The van der Waals surface area contributed by atoms with Crippen LogP contribution in [0.2, 0.25) is 0 Å². The highest BCUT2D eigenvalue weighted by molar-refractivity contribution is 5.88. The number of ether oxygens (including phenoxy) is 2. The van der Waals surface area contributed by atoms with Crippen molar-refractivity contribution >= 4 is 12.0 Å². The first-order valence-corrected chi connectivity index (χ1v) is 6.53. The van der Waals surface area contributed by atoms with Gasteiger partial charge in [-0.1, -0.05) is 0 Å². The fourth-order valence-corrected chi connectivity index (χ4v) is 1.87. The summed E-state index contributed by atoms with van der Waals surface area (Å²) in [7, 11) is 0. The molecule has 1 aromatic rings. The van der Waals surface area contributed by atoms with Crippen molar-refractivity contribution in [2.75, 3.05) is 39.5 Å². The summed E-state index contributed by atoms with van der Waals surface area (Å²) < 4.78 is 10.6. The summed E-state index contributed by atoms with van der Waals surface area (Å²) >= 11 is 0. The first-order chi connectivity index (χ1) is 9.34. The Labute approximate surface area is 112 Å². The fraction of sp³-hybridized carbons (Fsp3) is 0.538. The molecule has 1 aliphatic rings. The van der Waals surface area contributed by atoms with Gasteiger partial charge in [0.05, 0.1) is 19.8 Å². The quantitative estimate of drug-likeness (QED) is 0.459.